The summed E-state index contributed by atoms with van der Waals surface area (Å²) in [6.07, 6.45) is 0. The molecule has 0 spiro atoms. The molecule has 0 fully saturated rings. The monoisotopic (exact) mass is 212 g/mol. The fraction of sp³-hybridized carbons (Fsp3) is 0.545. The Kier molecular flexibility index (Phi) is 3.38. The van der Waals surface area contributed by atoms with Gasteiger partial charge in [-0.1, -0.05) is 38.4 Å². The number of anilines is 1. The topological polar surface area (TPSA) is 24.9 Å². The Morgan fingerprint density at radius 3 is 2.57 bits per heavy atom. The van der Waals surface area contributed by atoms with Crippen molar-refractivity contribution in [2.24, 2.45) is 5.41 Å². The molecule has 0 amide bonds. The summed E-state index contributed by atoms with van der Waals surface area (Å²) in [5, 5.41) is 3.83. The number of nitrogens with one attached hydrogen (secondary N) is 1. The van der Waals surface area contributed by atoms with Crippen LogP contribution in [0, 0.1) is 12.3 Å². The lowest BCUT2D eigenvalue weighted by atomic mass is 9.97. The lowest BCUT2D eigenvalue weighted by Gasteiger charge is -2.19. The van der Waals surface area contributed by atoms with Gasteiger partial charge in [0.1, 0.15) is 11.0 Å². The van der Waals surface area contributed by atoms with Gasteiger partial charge in [0, 0.05) is 6.54 Å². The van der Waals surface area contributed by atoms with Gasteiger partial charge in [0.05, 0.1) is 0 Å². The quantitative estimate of drug-likeness (QED) is 0.760. The van der Waals surface area contributed by atoms with Crippen molar-refractivity contribution in [1.82, 2.24) is 4.98 Å². The van der Waals surface area contributed by atoms with E-state index in [1.807, 2.05) is 13.0 Å². The van der Waals surface area contributed by atoms with E-state index in [0.717, 1.165) is 17.9 Å². The van der Waals surface area contributed by atoms with Crippen molar-refractivity contribution in [1.29, 1.82) is 0 Å². The van der Waals surface area contributed by atoms with Gasteiger partial charge in [-0.3, -0.25) is 0 Å². The molecule has 3 heteroatoms. The van der Waals surface area contributed by atoms with E-state index in [9.17, 15) is 0 Å². The molecule has 78 valence electrons. The first-order valence-corrected chi connectivity index (χ1v) is 5.13. The van der Waals surface area contributed by atoms with Crippen LogP contribution in [0.5, 0.6) is 0 Å². The van der Waals surface area contributed by atoms with Crippen LogP contribution in [0.4, 0.5) is 5.82 Å². The highest BCUT2D eigenvalue weighted by molar-refractivity contribution is 6.29. The Hall–Kier alpha value is -0.760. The number of aryl methyl sites for hydroxylation is 1. The zero-order chi connectivity index (χ0) is 10.8. The number of hydrogen-bond acceptors (Lipinski definition) is 2. The van der Waals surface area contributed by atoms with Crippen LogP contribution in [0.15, 0.2) is 12.1 Å². The van der Waals surface area contributed by atoms with Crippen LogP contribution in [0.1, 0.15) is 26.3 Å². The smallest absolute Gasteiger partial charge is 0.131 e. The second kappa shape index (κ2) is 4.18. The van der Waals surface area contributed by atoms with Gasteiger partial charge in [-0.15, -0.1) is 0 Å². The Morgan fingerprint density at radius 1 is 1.36 bits per heavy atom. The molecule has 1 aromatic heterocycles. The molecule has 0 aliphatic heterocycles. The van der Waals surface area contributed by atoms with E-state index in [1.54, 1.807) is 6.07 Å². The molecule has 2 nitrogen and oxygen atoms in total. The number of rotatable bonds is 2. The number of aromatic nitrogens is 1. The molecule has 0 atom stereocenters. The third-order valence-electron chi connectivity index (χ3n) is 1.85. The van der Waals surface area contributed by atoms with Crippen LogP contribution in [0.2, 0.25) is 5.15 Å². The summed E-state index contributed by atoms with van der Waals surface area (Å²) < 4.78 is 0. The standard InChI is InChI=1S/C11H17ClN2/c1-8-5-6-9(12)14-10(8)13-7-11(2,3)4/h5-6H,7H2,1-4H3,(H,13,14). The first-order chi connectivity index (χ1) is 6.38. The minimum Gasteiger partial charge on any atom is -0.369 e. The van der Waals surface area contributed by atoms with Crippen molar-refractivity contribution in [3.63, 3.8) is 0 Å². The molecule has 1 aromatic rings. The number of halogens is 1. The second-order valence-corrected chi connectivity index (χ2v) is 5.10. The van der Waals surface area contributed by atoms with Crippen LogP contribution >= 0.6 is 11.6 Å². The predicted octanol–water partition coefficient (Wildman–Crippen LogP) is 3.50. The summed E-state index contributed by atoms with van der Waals surface area (Å²) in [7, 11) is 0. The molecule has 0 saturated heterocycles. The molecule has 0 aromatic carbocycles. The van der Waals surface area contributed by atoms with Crippen LogP contribution < -0.4 is 5.32 Å². The lowest BCUT2D eigenvalue weighted by Crippen LogP contribution is -2.20. The molecule has 0 bridgehead atoms. The summed E-state index contributed by atoms with van der Waals surface area (Å²) in [6, 6.07) is 3.78. The average molecular weight is 213 g/mol. The molecule has 1 rings (SSSR count). The minimum absolute atomic E-state index is 0.246. The molecule has 0 radical (unpaired) electrons. The largest absolute Gasteiger partial charge is 0.369 e. The van der Waals surface area contributed by atoms with Gasteiger partial charge in [0.2, 0.25) is 0 Å². The van der Waals surface area contributed by atoms with E-state index in [1.165, 1.54) is 0 Å². The van der Waals surface area contributed by atoms with Gasteiger partial charge in [-0.25, -0.2) is 4.98 Å². The van der Waals surface area contributed by atoms with E-state index in [4.69, 9.17) is 11.6 Å². The summed E-state index contributed by atoms with van der Waals surface area (Å²) >= 11 is 5.82. The minimum atomic E-state index is 0.246. The van der Waals surface area contributed by atoms with Gasteiger partial charge < -0.3 is 5.32 Å². The van der Waals surface area contributed by atoms with Gasteiger partial charge in [0.25, 0.3) is 0 Å². The second-order valence-electron chi connectivity index (χ2n) is 4.71. The van der Waals surface area contributed by atoms with E-state index in [0.29, 0.717) is 5.15 Å². The third-order valence-corrected chi connectivity index (χ3v) is 2.06. The number of hydrogen-bond donors (Lipinski definition) is 1. The highest BCUT2D eigenvalue weighted by Crippen LogP contribution is 2.18. The highest BCUT2D eigenvalue weighted by Gasteiger charge is 2.10. The molecule has 14 heavy (non-hydrogen) atoms. The zero-order valence-electron chi connectivity index (χ0n) is 9.19. The van der Waals surface area contributed by atoms with Gasteiger partial charge in [0.15, 0.2) is 0 Å². The summed E-state index contributed by atoms with van der Waals surface area (Å²) in [5.41, 5.74) is 1.37. The molecule has 0 aliphatic carbocycles. The Balaban J connectivity index is 2.72. The first kappa shape index (κ1) is 11.3. The number of pyridine rings is 1. The molecule has 1 heterocycles. The van der Waals surface area contributed by atoms with Crippen molar-refractivity contribution < 1.29 is 0 Å². The Labute approximate surface area is 90.7 Å². The molecular weight excluding hydrogens is 196 g/mol. The normalized spacial score (nSPS) is 11.5. The first-order valence-electron chi connectivity index (χ1n) is 4.75. The van der Waals surface area contributed by atoms with Crippen LogP contribution in [-0.4, -0.2) is 11.5 Å². The fourth-order valence-corrected chi connectivity index (χ4v) is 1.18. The molecule has 1 N–H and O–H groups in total. The van der Waals surface area contributed by atoms with Crippen molar-refractivity contribution >= 4 is 17.4 Å². The van der Waals surface area contributed by atoms with Gasteiger partial charge >= 0.3 is 0 Å². The Bertz CT molecular complexity index is 316. The zero-order valence-corrected chi connectivity index (χ0v) is 9.94. The third kappa shape index (κ3) is 3.54. The summed E-state index contributed by atoms with van der Waals surface area (Å²) in [4.78, 5) is 4.23. The summed E-state index contributed by atoms with van der Waals surface area (Å²) in [6.45, 7) is 9.45. The fourth-order valence-electron chi connectivity index (χ4n) is 1.03. The SMILES string of the molecule is Cc1ccc(Cl)nc1NCC(C)(C)C. The molecule has 0 unspecified atom stereocenters. The van der Waals surface area contributed by atoms with Crippen LogP contribution in [0.25, 0.3) is 0 Å². The van der Waals surface area contributed by atoms with E-state index >= 15 is 0 Å². The van der Waals surface area contributed by atoms with Gasteiger partial charge in [-0.2, -0.15) is 0 Å². The van der Waals surface area contributed by atoms with Crippen LogP contribution in [0.3, 0.4) is 0 Å². The van der Waals surface area contributed by atoms with Crippen molar-refractivity contribution in [3.05, 3.63) is 22.8 Å². The van der Waals surface area contributed by atoms with Crippen molar-refractivity contribution in [2.75, 3.05) is 11.9 Å². The highest BCUT2D eigenvalue weighted by atomic mass is 35.5. The van der Waals surface area contributed by atoms with Gasteiger partial charge in [-0.05, 0) is 24.0 Å². The maximum atomic E-state index is 5.82. The van der Waals surface area contributed by atoms with Crippen molar-refractivity contribution in [2.45, 2.75) is 27.7 Å². The molecule has 0 aliphatic rings. The van der Waals surface area contributed by atoms with Crippen LogP contribution in [-0.2, 0) is 0 Å². The van der Waals surface area contributed by atoms with E-state index < -0.39 is 0 Å². The lowest BCUT2D eigenvalue weighted by molar-refractivity contribution is 0.442. The average Bonchev–Trinajstić information content (AvgIpc) is 2.05. The predicted molar refractivity (Wildman–Crippen MR) is 61.9 cm³/mol. The maximum absolute atomic E-state index is 5.82. The van der Waals surface area contributed by atoms with Crippen molar-refractivity contribution in [3.8, 4) is 0 Å². The Morgan fingerprint density at radius 2 is 2.00 bits per heavy atom. The number of nitrogens with zero attached hydrogens (tertiary/aromatic N) is 1. The molecular formula is C11H17ClN2. The van der Waals surface area contributed by atoms with E-state index in [2.05, 4.69) is 31.1 Å². The van der Waals surface area contributed by atoms with E-state index in [-0.39, 0.29) is 5.41 Å². The summed E-state index contributed by atoms with van der Waals surface area (Å²) in [5.74, 6) is 0.882. The molecule has 0 saturated carbocycles. The maximum Gasteiger partial charge on any atom is 0.131 e.